The van der Waals surface area contributed by atoms with E-state index in [1.807, 2.05) is 13.8 Å². The second kappa shape index (κ2) is 6.46. The number of nitrogens with zero attached hydrogens (tertiary/aromatic N) is 2. The monoisotopic (exact) mass is 331 g/mol. The number of carbonyl (C=O) groups is 1. The summed E-state index contributed by atoms with van der Waals surface area (Å²) < 4.78 is 0.358. The first kappa shape index (κ1) is 15.4. The fourth-order valence-electron chi connectivity index (χ4n) is 1.49. The molecule has 1 atom stereocenters. The summed E-state index contributed by atoms with van der Waals surface area (Å²) in [6.07, 6.45) is 1.52. The molecule has 1 heterocycles. The summed E-state index contributed by atoms with van der Waals surface area (Å²) in [5.41, 5.74) is -0.159. The normalized spacial score (nSPS) is 12.2. The second-order valence-electron chi connectivity index (χ2n) is 4.45. The van der Waals surface area contributed by atoms with Gasteiger partial charge < -0.3 is 10.4 Å². The Balaban J connectivity index is 2.91. The van der Waals surface area contributed by atoms with Gasteiger partial charge in [-0.1, -0.05) is 13.8 Å². The molecule has 1 aromatic rings. The van der Waals surface area contributed by atoms with Crippen LogP contribution in [0.5, 0.6) is 0 Å². The third-order valence-electron chi connectivity index (χ3n) is 2.35. The van der Waals surface area contributed by atoms with Gasteiger partial charge in [-0.2, -0.15) is 0 Å². The van der Waals surface area contributed by atoms with Crippen LogP contribution in [0.3, 0.4) is 0 Å². The van der Waals surface area contributed by atoms with Crippen LogP contribution in [0.25, 0.3) is 0 Å². The molecule has 1 rings (SSSR count). The molecule has 0 radical (unpaired) electrons. The number of aromatic nitrogens is 1. The van der Waals surface area contributed by atoms with E-state index in [9.17, 15) is 14.9 Å². The van der Waals surface area contributed by atoms with Crippen molar-refractivity contribution in [1.29, 1.82) is 0 Å². The predicted octanol–water partition coefficient (Wildman–Crippen LogP) is 2.66. The molecule has 19 heavy (non-hydrogen) atoms. The third kappa shape index (κ3) is 4.47. The number of aliphatic carboxylic acids is 1. The zero-order valence-electron chi connectivity index (χ0n) is 10.5. The van der Waals surface area contributed by atoms with Crippen LogP contribution in [0, 0.1) is 16.0 Å². The average Bonchev–Trinajstić information content (AvgIpc) is 2.29. The predicted molar refractivity (Wildman–Crippen MR) is 73.1 cm³/mol. The lowest BCUT2D eigenvalue weighted by atomic mass is 10.0. The van der Waals surface area contributed by atoms with Crippen LogP contribution in [0.4, 0.5) is 11.5 Å². The van der Waals surface area contributed by atoms with Crippen molar-refractivity contribution in [3.8, 4) is 0 Å². The number of halogens is 1. The van der Waals surface area contributed by atoms with E-state index in [1.54, 1.807) is 0 Å². The SMILES string of the molecule is CC(C)CC(Nc1ncc([N+](=O)[O-])cc1Br)C(=O)O. The standard InChI is InChI=1S/C11H14BrN3O4/c1-6(2)3-9(11(16)17)14-10-8(12)4-7(5-13-10)15(18)19/h4-6,9H,3H2,1-2H3,(H,13,14)(H,16,17). The van der Waals surface area contributed by atoms with Gasteiger partial charge in [0.15, 0.2) is 0 Å². The number of carboxylic acid groups (broad SMARTS) is 1. The van der Waals surface area contributed by atoms with Gasteiger partial charge in [-0.25, -0.2) is 9.78 Å². The Hall–Kier alpha value is -1.70. The minimum atomic E-state index is -0.985. The average molecular weight is 332 g/mol. The van der Waals surface area contributed by atoms with Gasteiger partial charge in [0.2, 0.25) is 0 Å². The van der Waals surface area contributed by atoms with Crippen molar-refractivity contribution in [2.24, 2.45) is 5.92 Å². The van der Waals surface area contributed by atoms with Crippen LogP contribution >= 0.6 is 15.9 Å². The smallest absolute Gasteiger partial charge is 0.326 e. The zero-order chi connectivity index (χ0) is 14.6. The molecule has 1 unspecified atom stereocenters. The topological polar surface area (TPSA) is 105 Å². The van der Waals surface area contributed by atoms with Crippen LogP contribution in [0.2, 0.25) is 0 Å². The number of carboxylic acids is 1. The Morgan fingerprint density at radius 2 is 2.26 bits per heavy atom. The third-order valence-corrected chi connectivity index (χ3v) is 2.96. The Morgan fingerprint density at radius 1 is 1.63 bits per heavy atom. The van der Waals surface area contributed by atoms with Crippen LogP contribution in [0.1, 0.15) is 20.3 Å². The molecule has 0 amide bonds. The lowest BCUT2D eigenvalue weighted by molar-refractivity contribution is -0.385. The van der Waals surface area contributed by atoms with Gasteiger partial charge in [0, 0.05) is 6.07 Å². The Bertz CT molecular complexity index is 493. The van der Waals surface area contributed by atoms with Crippen molar-refractivity contribution < 1.29 is 14.8 Å². The molecule has 0 spiro atoms. The first-order chi connectivity index (χ1) is 8.81. The van der Waals surface area contributed by atoms with E-state index in [-0.39, 0.29) is 17.4 Å². The van der Waals surface area contributed by atoms with Crippen molar-refractivity contribution in [3.63, 3.8) is 0 Å². The number of hydrogen-bond donors (Lipinski definition) is 2. The van der Waals surface area contributed by atoms with Crippen molar-refractivity contribution >= 4 is 33.4 Å². The van der Waals surface area contributed by atoms with E-state index < -0.39 is 16.9 Å². The van der Waals surface area contributed by atoms with Crippen LogP contribution in [0.15, 0.2) is 16.7 Å². The molecule has 0 aromatic carbocycles. The summed E-state index contributed by atoms with van der Waals surface area (Å²) in [6, 6.07) is 0.495. The van der Waals surface area contributed by atoms with Crippen molar-refractivity contribution in [3.05, 3.63) is 26.9 Å². The van der Waals surface area contributed by atoms with Gasteiger partial charge in [-0.15, -0.1) is 0 Å². The first-order valence-electron chi connectivity index (χ1n) is 5.60. The van der Waals surface area contributed by atoms with Gasteiger partial charge in [-0.05, 0) is 28.3 Å². The molecule has 0 saturated carbocycles. The van der Waals surface area contributed by atoms with Crippen LogP contribution < -0.4 is 5.32 Å². The van der Waals surface area contributed by atoms with Crippen molar-refractivity contribution in [2.75, 3.05) is 5.32 Å². The molecule has 0 saturated heterocycles. The van der Waals surface area contributed by atoms with Gasteiger partial charge in [0.05, 0.1) is 9.40 Å². The molecule has 7 nitrogen and oxygen atoms in total. The maximum Gasteiger partial charge on any atom is 0.326 e. The quantitative estimate of drug-likeness (QED) is 0.613. The largest absolute Gasteiger partial charge is 0.480 e. The second-order valence-corrected chi connectivity index (χ2v) is 5.30. The molecular weight excluding hydrogens is 318 g/mol. The highest BCUT2D eigenvalue weighted by atomic mass is 79.9. The minimum absolute atomic E-state index is 0.159. The summed E-state index contributed by atoms with van der Waals surface area (Å²) in [6.45, 7) is 3.83. The first-order valence-corrected chi connectivity index (χ1v) is 6.39. The van der Waals surface area contributed by atoms with E-state index in [1.165, 1.54) is 6.07 Å². The number of hydrogen-bond acceptors (Lipinski definition) is 5. The van der Waals surface area contributed by atoms with Gasteiger partial charge in [-0.3, -0.25) is 10.1 Å². The van der Waals surface area contributed by atoms with Crippen LogP contribution in [-0.2, 0) is 4.79 Å². The molecule has 0 aliphatic heterocycles. The lowest BCUT2D eigenvalue weighted by Crippen LogP contribution is -2.31. The molecule has 2 N–H and O–H groups in total. The fourth-order valence-corrected chi connectivity index (χ4v) is 1.94. The summed E-state index contributed by atoms with van der Waals surface area (Å²) in [4.78, 5) is 25.0. The minimum Gasteiger partial charge on any atom is -0.480 e. The molecule has 104 valence electrons. The zero-order valence-corrected chi connectivity index (χ0v) is 12.0. The molecular formula is C11H14BrN3O4. The van der Waals surface area contributed by atoms with Gasteiger partial charge >= 0.3 is 5.97 Å². The van der Waals surface area contributed by atoms with Gasteiger partial charge in [0.1, 0.15) is 18.1 Å². The Morgan fingerprint density at radius 3 is 2.68 bits per heavy atom. The summed E-state index contributed by atoms with van der Waals surface area (Å²) in [5.74, 6) is -0.509. The molecule has 1 aromatic heterocycles. The van der Waals surface area contributed by atoms with E-state index in [0.29, 0.717) is 10.9 Å². The number of pyridine rings is 1. The number of rotatable bonds is 6. The van der Waals surface area contributed by atoms with Crippen LogP contribution in [-0.4, -0.2) is 27.0 Å². The van der Waals surface area contributed by atoms with E-state index >= 15 is 0 Å². The highest BCUT2D eigenvalue weighted by Gasteiger charge is 2.21. The highest BCUT2D eigenvalue weighted by molar-refractivity contribution is 9.10. The Kier molecular flexibility index (Phi) is 5.22. The number of nitro groups is 1. The van der Waals surface area contributed by atoms with Crippen molar-refractivity contribution in [1.82, 2.24) is 4.98 Å². The Labute approximate surface area is 118 Å². The molecule has 0 fully saturated rings. The fraction of sp³-hybridized carbons (Fsp3) is 0.455. The maximum atomic E-state index is 11.1. The lowest BCUT2D eigenvalue weighted by Gasteiger charge is -2.17. The number of anilines is 1. The molecule has 0 bridgehead atoms. The number of nitrogens with one attached hydrogen (secondary N) is 1. The highest BCUT2D eigenvalue weighted by Crippen LogP contribution is 2.25. The van der Waals surface area contributed by atoms with E-state index in [0.717, 1.165) is 6.20 Å². The molecule has 0 aliphatic rings. The van der Waals surface area contributed by atoms with E-state index in [4.69, 9.17) is 5.11 Å². The van der Waals surface area contributed by atoms with Crippen molar-refractivity contribution in [2.45, 2.75) is 26.3 Å². The summed E-state index contributed by atoms with van der Waals surface area (Å²) in [7, 11) is 0. The molecule has 8 heteroatoms. The summed E-state index contributed by atoms with van der Waals surface area (Å²) in [5, 5.41) is 22.4. The van der Waals surface area contributed by atoms with E-state index in [2.05, 4.69) is 26.2 Å². The maximum absolute atomic E-state index is 11.1. The van der Waals surface area contributed by atoms with Gasteiger partial charge in [0.25, 0.3) is 5.69 Å². The molecule has 0 aliphatic carbocycles. The summed E-state index contributed by atoms with van der Waals surface area (Å²) >= 11 is 3.14.